The minimum absolute atomic E-state index is 0.132. The molecule has 0 aliphatic heterocycles. The highest BCUT2D eigenvalue weighted by Gasteiger charge is 2.12. The minimum atomic E-state index is 0.132. The number of hydrogen-bond acceptors (Lipinski definition) is 2. The molecule has 2 N–H and O–H groups in total. The molecule has 96 valence electrons. The molecular weight excluding hydrogens is 208 g/mol. The van der Waals surface area contributed by atoms with Gasteiger partial charge in [0.15, 0.2) is 0 Å². The molecule has 2 heteroatoms. The van der Waals surface area contributed by atoms with Gasteiger partial charge in [-0.2, -0.15) is 0 Å². The highest BCUT2D eigenvalue weighted by Crippen LogP contribution is 2.16. The van der Waals surface area contributed by atoms with Crippen molar-refractivity contribution in [1.82, 2.24) is 4.90 Å². The van der Waals surface area contributed by atoms with E-state index in [1.54, 1.807) is 0 Å². The molecule has 0 amide bonds. The van der Waals surface area contributed by atoms with Gasteiger partial charge in [0.25, 0.3) is 0 Å². The van der Waals surface area contributed by atoms with Crippen LogP contribution >= 0.6 is 0 Å². The quantitative estimate of drug-likeness (QED) is 0.785. The Balaban J connectivity index is 2.58. The minimum Gasteiger partial charge on any atom is -0.323 e. The highest BCUT2D eigenvalue weighted by molar-refractivity contribution is 5.28. The van der Waals surface area contributed by atoms with Crippen LogP contribution in [0.25, 0.3) is 0 Å². The Hall–Kier alpha value is -0.860. The van der Waals surface area contributed by atoms with Crippen LogP contribution in [0.15, 0.2) is 24.3 Å². The summed E-state index contributed by atoms with van der Waals surface area (Å²) in [6.07, 6.45) is 2.50. The molecule has 0 radical (unpaired) electrons. The fourth-order valence-electron chi connectivity index (χ4n) is 2.14. The highest BCUT2D eigenvalue weighted by atomic mass is 15.1. The zero-order valence-electron chi connectivity index (χ0n) is 11.4. The molecule has 1 aromatic carbocycles. The lowest BCUT2D eigenvalue weighted by molar-refractivity contribution is 0.266. The Morgan fingerprint density at radius 1 is 1.24 bits per heavy atom. The number of nitrogens with zero attached hydrogens (tertiary/aromatic N) is 1. The predicted octanol–water partition coefficient (Wildman–Crippen LogP) is 3.12. The van der Waals surface area contributed by atoms with E-state index < -0.39 is 0 Å². The number of nitrogens with two attached hydrogens (primary N) is 1. The van der Waals surface area contributed by atoms with E-state index in [0.717, 1.165) is 19.6 Å². The summed E-state index contributed by atoms with van der Waals surface area (Å²) in [5.74, 6) is 0. The number of hydrogen-bond donors (Lipinski definition) is 1. The third-order valence-corrected chi connectivity index (χ3v) is 3.32. The van der Waals surface area contributed by atoms with Gasteiger partial charge in [0.2, 0.25) is 0 Å². The lowest BCUT2D eigenvalue weighted by Gasteiger charge is -2.25. The van der Waals surface area contributed by atoms with Crippen molar-refractivity contribution < 1.29 is 0 Å². The van der Waals surface area contributed by atoms with E-state index in [1.165, 1.54) is 24.0 Å². The summed E-state index contributed by atoms with van der Waals surface area (Å²) < 4.78 is 0. The second-order valence-electron chi connectivity index (χ2n) is 4.71. The lowest BCUT2D eigenvalue weighted by Crippen LogP contribution is -2.33. The van der Waals surface area contributed by atoms with Crippen LogP contribution < -0.4 is 5.73 Å². The van der Waals surface area contributed by atoms with E-state index in [-0.39, 0.29) is 6.04 Å². The van der Waals surface area contributed by atoms with E-state index in [0.29, 0.717) is 0 Å². The van der Waals surface area contributed by atoms with E-state index in [9.17, 15) is 0 Å². The average molecular weight is 234 g/mol. The molecule has 0 aliphatic carbocycles. The molecular formula is C15H26N2. The SMILES string of the molecule is CCCCN(CC)CC(N)c1ccccc1C. The van der Waals surface area contributed by atoms with Gasteiger partial charge >= 0.3 is 0 Å². The summed E-state index contributed by atoms with van der Waals surface area (Å²) in [7, 11) is 0. The van der Waals surface area contributed by atoms with Crippen molar-refractivity contribution in [3.8, 4) is 0 Å². The van der Waals surface area contributed by atoms with Crippen molar-refractivity contribution in [2.45, 2.75) is 39.7 Å². The standard InChI is InChI=1S/C15H26N2/c1-4-6-11-17(5-2)12-15(16)14-10-8-7-9-13(14)3/h7-10,15H,4-6,11-12,16H2,1-3H3. The van der Waals surface area contributed by atoms with Crippen LogP contribution in [0.2, 0.25) is 0 Å². The largest absolute Gasteiger partial charge is 0.323 e. The average Bonchev–Trinajstić information content (AvgIpc) is 2.34. The van der Waals surface area contributed by atoms with Gasteiger partial charge in [-0.3, -0.25) is 0 Å². The Kier molecular flexibility index (Phi) is 6.23. The molecule has 2 nitrogen and oxygen atoms in total. The zero-order valence-corrected chi connectivity index (χ0v) is 11.4. The first kappa shape index (κ1) is 14.2. The molecule has 0 saturated heterocycles. The second kappa shape index (κ2) is 7.46. The molecule has 0 spiro atoms. The van der Waals surface area contributed by atoms with Crippen molar-refractivity contribution in [2.75, 3.05) is 19.6 Å². The van der Waals surface area contributed by atoms with Gasteiger partial charge in [0.05, 0.1) is 0 Å². The molecule has 0 fully saturated rings. The van der Waals surface area contributed by atoms with Crippen LogP contribution in [0.4, 0.5) is 0 Å². The molecule has 0 aromatic heterocycles. The van der Waals surface area contributed by atoms with Gasteiger partial charge in [-0.05, 0) is 37.6 Å². The molecule has 0 aliphatic rings. The van der Waals surface area contributed by atoms with Crippen LogP contribution in [-0.4, -0.2) is 24.5 Å². The molecule has 0 saturated carbocycles. The van der Waals surface area contributed by atoms with Gasteiger partial charge in [-0.25, -0.2) is 0 Å². The zero-order chi connectivity index (χ0) is 12.7. The van der Waals surface area contributed by atoms with E-state index in [4.69, 9.17) is 5.73 Å². The fraction of sp³-hybridized carbons (Fsp3) is 0.600. The van der Waals surface area contributed by atoms with Crippen LogP contribution in [0.1, 0.15) is 43.9 Å². The Labute approximate surface area is 106 Å². The number of rotatable bonds is 7. The van der Waals surface area contributed by atoms with Crippen molar-refractivity contribution >= 4 is 0 Å². The van der Waals surface area contributed by atoms with E-state index >= 15 is 0 Å². The normalized spacial score (nSPS) is 13.0. The molecule has 0 heterocycles. The summed E-state index contributed by atoms with van der Waals surface area (Å²) in [6.45, 7) is 9.78. The van der Waals surface area contributed by atoms with Crippen LogP contribution in [0.5, 0.6) is 0 Å². The van der Waals surface area contributed by atoms with Crippen molar-refractivity contribution in [1.29, 1.82) is 0 Å². The maximum Gasteiger partial charge on any atom is 0.0426 e. The number of benzene rings is 1. The molecule has 17 heavy (non-hydrogen) atoms. The Morgan fingerprint density at radius 3 is 2.53 bits per heavy atom. The molecule has 0 bridgehead atoms. The summed E-state index contributed by atoms with van der Waals surface area (Å²) >= 11 is 0. The Bertz CT molecular complexity index is 322. The van der Waals surface area contributed by atoms with Crippen LogP contribution in [-0.2, 0) is 0 Å². The summed E-state index contributed by atoms with van der Waals surface area (Å²) in [6, 6.07) is 8.56. The van der Waals surface area contributed by atoms with Gasteiger partial charge in [-0.15, -0.1) is 0 Å². The smallest absolute Gasteiger partial charge is 0.0426 e. The van der Waals surface area contributed by atoms with Gasteiger partial charge in [0.1, 0.15) is 0 Å². The van der Waals surface area contributed by atoms with E-state index in [1.807, 2.05) is 0 Å². The molecule has 1 atom stereocenters. The van der Waals surface area contributed by atoms with Crippen molar-refractivity contribution in [3.05, 3.63) is 35.4 Å². The summed E-state index contributed by atoms with van der Waals surface area (Å²) in [5, 5.41) is 0. The van der Waals surface area contributed by atoms with Crippen LogP contribution in [0, 0.1) is 6.92 Å². The van der Waals surface area contributed by atoms with Crippen LogP contribution in [0.3, 0.4) is 0 Å². The summed E-state index contributed by atoms with van der Waals surface area (Å²) in [4.78, 5) is 2.45. The first-order valence-corrected chi connectivity index (χ1v) is 6.72. The first-order valence-electron chi connectivity index (χ1n) is 6.72. The summed E-state index contributed by atoms with van der Waals surface area (Å²) in [5.41, 5.74) is 8.88. The third-order valence-electron chi connectivity index (χ3n) is 3.32. The van der Waals surface area contributed by atoms with Gasteiger partial charge < -0.3 is 10.6 Å². The van der Waals surface area contributed by atoms with E-state index in [2.05, 4.69) is 49.9 Å². The molecule has 1 unspecified atom stereocenters. The third kappa shape index (κ3) is 4.49. The Morgan fingerprint density at radius 2 is 1.94 bits per heavy atom. The number of likely N-dealkylation sites (N-methyl/N-ethyl adjacent to an activating group) is 1. The lowest BCUT2D eigenvalue weighted by atomic mass is 10.0. The fourth-order valence-corrected chi connectivity index (χ4v) is 2.14. The first-order chi connectivity index (χ1) is 8.19. The van der Waals surface area contributed by atoms with Crippen molar-refractivity contribution in [3.63, 3.8) is 0 Å². The topological polar surface area (TPSA) is 29.3 Å². The molecule has 1 aromatic rings. The predicted molar refractivity (Wildman–Crippen MR) is 75.1 cm³/mol. The van der Waals surface area contributed by atoms with Gasteiger partial charge in [-0.1, -0.05) is 44.5 Å². The maximum absolute atomic E-state index is 6.30. The number of aryl methyl sites for hydroxylation is 1. The number of unbranched alkanes of at least 4 members (excludes halogenated alkanes) is 1. The molecule has 1 rings (SSSR count). The maximum atomic E-state index is 6.30. The van der Waals surface area contributed by atoms with Crippen molar-refractivity contribution in [2.24, 2.45) is 5.73 Å². The monoisotopic (exact) mass is 234 g/mol. The van der Waals surface area contributed by atoms with Gasteiger partial charge in [0, 0.05) is 12.6 Å². The second-order valence-corrected chi connectivity index (χ2v) is 4.71.